The maximum atomic E-state index is 12.5. The van der Waals surface area contributed by atoms with Gasteiger partial charge in [-0.2, -0.15) is 0 Å². The third-order valence-corrected chi connectivity index (χ3v) is 5.21. The van der Waals surface area contributed by atoms with Crippen molar-refractivity contribution in [1.82, 2.24) is 10.2 Å². The second-order valence-electron chi connectivity index (χ2n) is 7.27. The van der Waals surface area contributed by atoms with Crippen LogP contribution in [-0.4, -0.2) is 42.9 Å². The number of hydrogen-bond acceptors (Lipinski definition) is 3. The minimum atomic E-state index is -0.297. The number of urea groups is 1. The summed E-state index contributed by atoms with van der Waals surface area (Å²) in [4.78, 5) is 37.8. The number of anilines is 2. The molecule has 1 aromatic carbocycles. The highest BCUT2D eigenvalue weighted by Crippen LogP contribution is 2.27. The zero-order chi connectivity index (χ0) is 20.0. The molecule has 1 unspecified atom stereocenters. The summed E-state index contributed by atoms with van der Waals surface area (Å²) < 4.78 is 0. The molecular weight excluding hydrogens is 344 g/mol. The van der Waals surface area contributed by atoms with Crippen LogP contribution in [0.25, 0.3) is 0 Å². The van der Waals surface area contributed by atoms with Gasteiger partial charge in [0.15, 0.2) is 0 Å². The second kappa shape index (κ2) is 9.39. The van der Waals surface area contributed by atoms with Crippen molar-refractivity contribution in [2.75, 3.05) is 24.7 Å². The molecule has 0 spiro atoms. The lowest BCUT2D eigenvalue weighted by atomic mass is 10.1. The fourth-order valence-corrected chi connectivity index (χ4v) is 3.18. The summed E-state index contributed by atoms with van der Waals surface area (Å²) in [5.74, 6) is 0.0148. The van der Waals surface area contributed by atoms with Crippen molar-refractivity contribution in [3.05, 3.63) is 23.8 Å². The third kappa shape index (κ3) is 5.70. The van der Waals surface area contributed by atoms with Gasteiger partial charge in [0.05, 0.1) is 0 Å². The lowest BCUT2D eigenvalue weighted by Crippen LogP contribution is -2.40. The number of rotatable bonds is 6. The van der Waals surface area contributed by atoms with Gasteiger partial charge in [0.2, 0.25) is 11.8 Å². The first-order valence-corrected chi connectivity index (χ1v) is 9.47. The number of hydrogen-bond donors (Lipinski definition) is 3. The Morgan fingerprint density at radius 2 is 1.85 bits per heavy atom. The summed E-state index contributed by atoms with van der Waals surface area (Å²) in [5.41, 5.74) is 2.21. The fourth-order valence-electron chi connectivity index (χ4n) is 3.18. The Kier molecular flexibility index (Phi) is 7.21. The molecule has 2 rings (SSSR count). The maximum absolute atomic E-state index is 12.5. The summed E-state index contributed by atoms with van der Waals surface area (Å²) >= 11 is 0. The molecule has 148 valence electrons. The third-order valence-electron chi connectivity index (χ3n) is 5.21. The number of amides is 4. The molecule has 3 N–H and O–H groups in total. The summed E-state index contributed by atoms with van der Waals surface area (Å²) in [7, 11) is 3.23. The highest BCUT2D eigenvalue weighted by Gasteiger charge is 2.23. The summed E-state index contributed by atoms with van der Waals surface area (Å²) in [6.45, 7) is 3.71. The molecule has 0 saturated heterocycles. The van der Waals surface area contributed by atoms with E-state index >= 15 is 0 Å². The molecule has 0 bridgehead atoms. The molecule has 1 atom stereocenters. The number of nitrogens with zero attached hydrogens (tertiary/aromatic N) is 1. The largest absolute Gasteiger partial charge is 0.359 e. The Morgan fingerprint density at radius 3 is 2.48 bits per heavy atom. The second-order valence-corrected chi connectivity index (χ2v) is 7.27. The smallest absolute Gasteiger partial charge is 0.321 e. The summed E-state index contributed by atoms with van der Waals surface area (Å²) in [6, 6.07) is 4.95. The molecule has 0 heterocycles. The van der Waals surface area contributed by atoms with Crippen molar-refractivity contribution >= 4 is 29.2 Å². The van der Waals surface area contributed by atoms with Crippen molar-refractivity contribution in [2.45, 2.75) is 52.0 Å². The van der Waals surface area contributed by atoms with E-state index in [1.165, 1.54) is 4.90 Å². The monoisotopic (exact) mass is 374 g/mol. The average molecular weight is 374 g/mol. The first kappa shape index (κ1) is 20.7. The van der Waals surface area contributed by atoms with Crippen LogP contribution in [-0.2, 0) is 9.59 Å². The van der Waals surface area contributed by atoms with Gasteiger partial charge in [0.1, 0.15) is 0 Å². The normalized spacial score (nSPS) is 15.1. The van der Waals surface area contributed by atoms with Crippen LogP contribution in [0, 0.1) is 12.8 Å². The Bertz CT molecular complexity index is 698. The molecule has 1 aliphatic rings. The molecule has 1 saturated carbocycles. The van der Waals surface area contributed by atoms with E-state index < -0.39 is 0 Å². The van der Waals surface area contributed by atoms with Crippen LogP contribution < -0.4 is 16.0 Å². The molecule has 4 amide bonds. The van der Waals surface area contributed by atoms with Gasteiger partial charge in [-0.25, -0.2) is 4.79 Å². The molecule has 27 heavy (non-hydrogen) atoms. The van der Waals surface area contributed by atoms with Crippen LogP contribution in [0.5, 0.6) is 0 Å². The highest BCUT2D eigenvalue weighted by atomic mass is 16.2. The molecule has 7 nitrogen and oxygen atoms in total. The standard InChI is InChI=1S/C20H30N4O3/c1-13-9-10-16(22-19(26)15-7-5-6-8-15)12-17(13)23-20(27)24(4)14(2)11-18(25)21-3/h9-10,12,14-15H,5-8,11H2,1-4H3,(H,21,25)(H,22,26)(H,23,27). The van der Waals surface area contributed by atoms with Crippen LogP contribution in [0.1, 0.15) is 44.6 Å². The van der Waals surface area contributed by atoms with Crippen LogP contribution in [0.2, 0.25) is 0 Å². The summed E-state index contributed by atoms with van der Waals surface area (Å²) in [6.07, 6.45) is 4.32. The molecule has 0 aliphatic heterocycles. The molecule has 0 radical (unpaired) electrons. The minimum Gasteiger partial charge on any atom is -0.359 e. The van der Waals surface area contributed by atoms with Gasteiger partial charge < -0.3 is 20.9 Å². The lowest BCUT2D eigenvalue weighted by molar-refractivity contribution is -0.121. The highest BCUT2D eigenvalue weighted by molar-refractivity contribution is 5.95. The fraction of sp³-hybridized carbons (Fsp3) is 0.550. The average Bonchev–Trinajstić information content (AvgIpc) is 3.18. The van der Waals surface area contributed by atoms with E-state index in [9.17, 15) is 14.4 Å². The SMILES string of the molecule is CNC(=O)CC(C)N(C)C(=O)Nc1cc(NC(=O)C2CCCC2)ccc1C. The number of carbonyl (C=O) groups excluding carboxylic acids is 3. The van der Waals surface area contributed by atoms with Crippen molar-refractivity contribution < 1.29 is 14.4 Å². The summed E-state index contributed by atoms with van der Waals surface area (Å²) in [5, 5.41) is 8.38. The number of nitrogens with one attached hydrogen (secondary N) is 3. The van der Waals surface area contributed by atoms with Crippen LogP contribution in [0.3, 0.4) is 0 Å². The van der Waals surface area contributed by atoms with Gasteiger partial charge in [-0.05, 0) is 44.4 Å². The molecule has 0 aromatic heterocycles. The van der Waals surface area contributed by atoms with Crippen molar-refractivity contribution in [1.29, 1.82) is 0 Å². The first-order valence-electron chi connectivity index (χ1n) is 9.47. The molecule has 1 aliphatic carbocycles. The Labute approximate surface area is 160 Å². The molecule has 1 aromatic rings. The first-order chi connectivity index (χ1) is 12.8. The van der Waals surface area contributed by atoms with E-state index in [4.69, 9.17) is 0 Å². The van der Waals surface area contributed by atoms with E-state index in [-0.39, 0.29) is 36.2 Å². The van der Waals surface area contributed by atoms with Gasteiger partial charge in [-0.15, -0.1) is 0 Å². The lowest BCUT2D eigenvalue weighted by Gasteiger charge is -2.25. The van der Waals surface area contributed by atoms with E-state index in [0.717, 1.165) is 31.2 Å². The predicted molar refractivity (Wildman–Crippen MR) is 107 cm³/mol. The van der Waals surface area contributed by atoms with Gasteiger partial charge in [-0.1, -0.05) is 18.9 Å². The van der Waals surface area contributed by atoms with Gasteiger partial charge in [0, 0.05) is 43.9 Å². The quantitative estimate of drug-likeness (QED) is 0.714. The van der Waals surface area contributed by atoms with Gasteiger partial charge >= 0.3 is 6.03 Å². The van der Waals surface area contributed by atoms with E-state index in [1.54, 1.807) is 20.2 Å². The van der Waals surface area contributed by atoms with Crippen LogP contribution in [0.15, 0.2) is 18.2 Å². The van der Waals surface area contributed by atoms with Crippen molar-refractivity contribution in [2.24, 2.45) is 5.92 Å². The van der Waals surface area contributed by atoms with Crippen molar-refractivity contribution in [3.63, 3.8) is 0 Å². The molecule has 1 fully saturated rings. The Balaban J connectivity index is 2.01. The molecular formula is C20H30N4O3. The van der Waals surface area contributed by atoms with Crippen LogP contribution in [0.4, 0.5) is 16.2 Å². The van der Waals surface area contributed by atoms with E-state index in [1.807, 2.05) is 26.0 Å². The topological polar surface area (TPSA) is 90.5 Å². The zero-order valence-corrected chi connectivity index (χ0v) is 16.6. The van der Waals surface area contributed by atoms with E-state index in [0.29, 0.717) is 11.4 Å². The predicted octanol–water partition coefficient (Wildman–Crippen LogP) is 3.11. The Morgan fingerprint density at radius 1 is 1.19 bits per heavy atom. The number of aryl methyl sites for hydroxylation is 1. The van der Waals surface area contributed by atoms with E-state index in [2.05, 4.69) is 16.0 Å². The Hall–Kier alpha value is -2.57. The minimum absolute atomic E-state index is 0.0462. The maximum Gasteiger partial charge on any atom is 0.321 e. The van der Waals surface area contributed by atoms with Gasteiger partial charge in [-0.3, -0.25) is 9.59 Å². The zero-order valence-electron chi connectivity index (χ0n) is 16.6. The number of benzene rings is 1. The molecule has 7 heteroatoms. The van der Waals surface area contributed by atoms with Gasteiger partial charge in [0.25, 0.3) is 0 Å². The number of carbonyl (C=O) groups is 3. The van der Waals surface area contributed by atoms with Crippen LogP contribution >= 0.6 is 0 Å². The van der Waals surface area contributed by atoms with Crippen molar-refractivity contribution in [3.8, 4) is 0 Å².